The SMILES string of the molecule is CN(C)c1ccncc1NC1CCN2CCCCC12. The zero-order chi connectivity index (χ0) is 13.2. The highest BCUT2D eigenvalue weighted by atomic mass is 15.2. The summed E-state index contributed by atoms with van der Waals surface area (Å²) in [5.74, 6) is 0. The maximum Gasteiger partial charge on any atom is 0.0766 e. The first-order valence-electron chi connectivity index (χ1n) is 7.37. The summed E-state index contributed by atoms with van der Waals surface area (Å²) in [6, 6.07) is 3.39. The van der Waals surface area contributed by atoms with Gasteiger partial charge in [-0.15, -0.1) is 0 Å². The van der Waals surface area contributed by atoms with Gasteiger partial charge in [0.1, 0.15) is 0 Å². The fourth-order valence-electron chi connectivity index (χ4n) is 3.50. The molecular weight excluding hydrogens is 236 g/mol. The van der Waals surface area contributed by atoms with Crippen molar-refractivity contribution in [3.63, 3.8) is 0 Å². The molecular formula is C15H24N4. The molecule has 0 saturated carbocycles. The molecule has 1 N–H and O–H groups in total. The highest BCUT2D eigenvalue weighted by Crippen LogP contribution is 2.31. The van der Waals surface area contributed by atoms with Crippen molar-refractivity contribution < 1.29 is 0 Å². The van der Waals surface area contributed by atoms with Crippen LogP contribution in [0.25, 0.3) is 0 Å². The molecule has 2 unspecified atom stereocenters. The van der Waals surface area contributed by atoms with Crippen molar-refractivity contribution in [1.82, 2.24) is 9.88 Å². The lowest BCUT2D eigenvalue weighted by atomic mass is 9.99. The van der Waals surface area contributed by atoms with Crippen LogP contribution in [0, 0.1) is 0 Å². The van der Waals surface area contributed by atoms with Gasteiger partial charge in [0.05, 0.1) is 17.6 Å². The standard InChI is InChI=1S/C15H24N4/c1-18(2)14-6-8-16-11-13(14)17-12-7-10-19-9-4-3-5-15(12)19/h6,8,11-12,15,17H,3-5,7,9-10H2,1-2H3. The van der Waals surface area contributed by atoms with Gasteiger partial charge in [0.25, 0.3) is 0 Å². The Kier molecular flexibility index (Phi) is 3.60. The molecule has 3 heterocycles. The number of nitrogens with one attached hydrogen (secondary N) is 1. The molecule has 2 aliphatic rings. The topological polar surface area (TPSA) is 31.4 Å². The Morgan fingerprint density at radius 3 is 3.00 bits per heavy atom. The van der Waals surface area contributed by atoms with Gasteiger partial charge < -0.3 is 10.2 Å². The maximum absolute atomic E-state index is 4.27. The van der Waals surface area contributed by atoms with Gasteiger partial charge in [0, 0.05) is 38.9 Å². The summed E-state index contributed by atoms with van der Waals surface area (Å²) in [6.07, 6.45) is 9.18. The van der Waals surface area contributed by atoms with E-state index in [1.807, 2.05) is 12.4 Å². The monoisotopic (exact) mass is 260 g/mol. The molecule has 4 nitrogen and oxygen atoms in total. The van der Waals surface area contributed by atoms with Gasteiger partial charge in [-0.1, -0.05) is 6.42 Å². The van der Waals surface area contributed by atoms with E-state index in [2.05, 4.69) is 40.3 Å². The second-order valence-corrected chi connectivity index (χ2v) is 5.93. The number of hydrogen-bond acceptors (Lipinski definition) is 4. The van der Waals surface area contributed by atoms with Crippen LogP contribution in [0.2, 0.25) is 0 Å². The van der Waals surface area contributed by atoms with Crippen molar-refractivity contribution in [3.8, 4) is 0 Å². The van der Waals surface area contributed by atoms with Crippen molar-refractivity contribution in [2.45, 2.75) is 37.8 Å². The van der Waals surface area contributed by atoms with E-state index in [-0.39, 0.29) is 0 Å². The highest BCUT2D eigenvalue weighted by Gasteiger charge is 2.35. The lowest BCUT2D eigenvalue weighted by molar-refractivity contribution is 0.193. The zero-order valence-electron chi connectivity index (χ0n) is 12.0. The normalized spacial score (nSPS) is 27.1. The molecule has 19 heavy (non-hydrogen) atoms. The Hall–Kier alpha value is -1.29. The minimum atomic E-state index is 0.586. The molecule has 4 heteroatoms. The van der Waals surface area contributed by atoms with Crippen LogP contribution in [0.3, 0.4) is 0 Å². The second kappa shape index (κ2) is 5.37. The maximum atomic E-state index is 4.27. The van der Waals surface area contributed by atoms with E-state index in [0.29, 0.717) is 6.04 Å². The average Bonchev–Trinajstić information content (AvgIpc) is 2.83. The van der Waals surface area contributed by atoms with Gasteiger partial charge in [-0.05, 0) is 31.9 Å². The molecule has 0 aromatic carbocycles. The Bertz CT molecular complexity index is 432. The zero-order valence-corrected chi connectivity index (χ0v) is 12.0. The van der Waals surface area contributed by atoms with E-state index in [1.54, 1.807) is 0 Å². The first-order valence-corrected chi connectivity index (χ1v) is 7.37. The van der Waals surface area contributed by atoms with Crippen molar-refractivity contribution in [2.75, 3.05) is 37.4 Å². The van der Waals surface area contributed by atoms with Gasteiger partial charge in [-0.2, -0.15) is 0 Å². The Morgan fingerprint density at radius 2 is 2.16 bits per heavy atom. The summed E-state index contributed by atoms with van der Waals surface area (Å²) in [6.45, 7) is 2.54. The van der Waals surface area contributed by atoms with E-state index in [0.717, 1.165) is 6.04 Å². The van der Waals surface area contributed by atoms with E-state index in [4.69, 9.17) is 0 Å². The summed E-state index contributed by atoms with van der Waals surface area (Å²) in [5, 5.41) is 3.74. The molecule has 2 aliphatic heterocycles. The van der Waals surface area contributed by atoms with Crippen molar-refractivity contribution in [2.24, 2.45) is 0 Å². The minimum absolute atomic E-state index is 0.586. The summed E-state index contributed by atoms with van der Waals surface area (Å²) >= 11 is 0. The number of hydrogen-bond donors (Lipinski definition) is 1. The molecule has 1 aromatic rings. The van der Waals surface area contributed by atoms with Crippen molar-refractivity contribution in [3.05, 3.63) is 18.5 Å². The highest BCUT2D eigenvalue weighted by molar-refractivity contribution is 5.68. The molecule has 104 valence electrons. The first kappa shape index (κ1) is 12.7. The molecule has 1 aromatic heterocycles. The van der Waals surface area contributed by atoms with Crippen LogP contribution in [0.5, 0.6) is 0 Å². The number of pyridine rings is 1. The predicted octanol–water partition coefficient (Wildman–Crippen LogP) is 2.19. The molecule has 0 aliphatic carbocycles. The predicted molar refractivity (Wildman–Crippen MR) is 79.8 cm³/mol. The number of aromatic nitrogens is 1. The Balaban J connectivity index is 1.75. The van der Waals surface area contributed by atoms with Gasteiger partial charge in [0.15, 0.2) is 0 Å². The van der Waals surface area contributed by atoms with E-state index >= 15 is 0 Å². The summed E-state index contributed by atoms with van der Waals surface area (Å²) in [5.41, 5.74) is 2.40. The molecule has 0 radical (unpaired) electrons. The molecule has 2 fully saturated rings. The third kappa shape index (κ3) is 2.54. The molecule has 0 spiro atoms. The minimum Gasteiger partial charge on any atom is -0.378 e. The summed E-state index contributed by atoms with van der Waals surface area (Å²) in [4.78, 5) is 9.08. The lowest BCUT2D eigenvalue weighted by Gasteiger charge is -2.33. The smallest absolute Gasteiger partial charge is 0.0766 e. The lowest BCUT2D eigenvalue weighted by Crippen LogP contribution is -2.41. The van der Waals surface area contributed by atoms with E-state index in [1.165, 1.54) is 50.1 Å². The Labute approximate surface area is 115 Å². The van der Waals surface area contributed by atoms with Crippen molar-refractivity contribution >= 4 is 11.4 Å². The van der Waals surface area contributed by atoms with Crippen LogP contribution in [0.1, 0.15) is 25.7 Å². The van der Waals surface area contributed by atoms with Crippen LogP contribution in [-0.4, -0.2) is 49.2 Å². The third-order valence-electron chi connectivity index (χ3n) is 4.48. The van der Waals surface area contributed by atoms with Crippen LogP contribution >= 0.6 is 0 Å². The summed E-state index contributed by atoms with van der Waals surface area (Å²) in [7, 11) is 4.17. The van der Waals surface area contributed by atoms with Crippen LogP contribution in [0.15, 0.2) is 18.5 Å². The van der Waals surface area contributed by atoms with Gasteiger partial charge >= 0.3 is 0 Å². The van der Waals surface area contributed by atoms with Gasteiger partial charge in [-0.3, -0.25) is 9.88 Å². The number of anilines is 2. The molecule has 2 atom stereocenters. The first-order chi connectivity index (χ1) is 9.25. The van der Waals surface area contributed by atoms with Crippen LogP contribution in [-0.2, 0) is 0 Å². The largest absolute Gasteiger partial charge is 0.378 e. The van der Waals surface area contributed by atoms with Crippen LogP contribution in [0.4, 0.5) is 11.4 Å². The van der Waals surface area contributed by atoms with Crippen molar-refractivity contribution in [1.29, 1.82) is 0 Å². The number of piperidine rings is 1. The van der Waals surface area contributed by atoms with E-state index < -0.39 is 0 Å². The number of rotatable bonds is 3. The number of nitrogens with zero attached hydrogens (tertiary/aromatic N) is 3. The van der Waals surface area contributed by atoms with Crippen LogP contribution < -0.4 is 10.2 Å². The molecule has 0 bridgehead atoms. The third-order valence-corrected chi connectivity index (χ3v) is 4.48. The quantitative estimate of drug-likeness (QED) is 0.902. The fraction of sp³-hybridized carbons (Fsp3) is 0.667. The van der Waals surface area contributed by atoms with E-state index in [9.17, 15) is 0 Å². The number of fused-ring (bicyclic) bond motifs is 1. The molecule has 2 saturated heterocycles. The fourth-order valence-corrected chi connectivity index (χ4v) is 3.50. The molecule has 3 rings (SSSR count). The van der Waals surface area contributed by atoms with Gasteiger partial charge in [-0.25, -0.2) is 0 Å². The Morgan fingerprint density at radius 1 is 1.26 bits per heavy atom. The summed E-state index contributed by atoms with van der Waals surface area (Å²) < 4.78 is 0. The average molecular weight is 260 g/mol. The van der Waals surface area contributed by atoms with Gasteiger partial charge in [0.2, 0.25) is 0 Å². The second-order valence-electron chi connectivity index (χ2n) is 5.93. The molecule has 0 amide bonds.